The summed E-state index contributed by atoms with van der Waals surface area (Å²) in [5.74, 6) is 0.0593. The molecule has 0 bridgehead atoms. The first-order chi connectivity index (χ1) is 10.7. The topological polar surface area (TPSA) is 29.1 Å². The molecule has 2 nitrogen and oxygen atoms in total. The predicted molar refractivity (Wildman–Crippen MR) is 91.6 cm³/mol. The molecular formula is C20H17NO. The van der Waals surface area contributed by atoms with Gasteiger partial charge in [-0.3, -0.25) is 4.79 Å². The van der Waals surface area contributed by atoms with E-state index in [1.54, 1.807) is 6.92 Å². The third kappa shape index (κ3) is 3.07. The van der Waals surface area contributed by atoms with Gasteiger partial charge in [-0.25, -0.2) is 0 Å². The van der Waals surface area contributed by atoms with Crippen molar-refractivity contribution in [2.45, 2.75) is 6.92 Å². The lowest BCUT2D eigenvalue weighted by Crippen LogP contribution is -1.99. The molecule has 1 N–H and O–H groups in total. The normalized spacial score (nSPS) is 10.2. The SMILES string of the molecule is CC(=O)c1ccccc1Nc1ccc(-c2ccccc2)cc1. The maximum atomic E-state index is 11.7. The first-order valence-corrected chi connectivity index (χ1v) is 7.26. The van der Waals surface area contributed by atoms with Crippen LogP contribution in [0.2, 0.25) is 0 Å². The summed E-state index contributed by atoms with van der Waals surface area (Å²) in [5, 5.41) is 3.31. The van der Waals surface area contributed by atoms with E-state index < -0.39 is 0 Å². The molecule has 0 heterocycles. The van der Waals surface area contributed by atoms with Crippen LogP contribution in [-0.4, -0.2) is 5.78 Å². The Kier molecular flexibility index (Phi) is 4.01. The minimum atomic E-state index is 0.0593. The lowest BCUT2D eigenvalue weighted by molar-refractivity contribution is 0.101. The van der Waals surface area contributed by atoms with Crippen LogP contribution in [0.1, 0.15) is 17.3 Å². The van der Waals surface area contributed by atoms with Gasteiger partial charge in [0.15, 0.2) is 5.78 Å². The summed E-state index contributed by atoms with van der Waals surface area (Å²) < 4.78 is 0. The van der Waals surface area contributed by atoms with Crippen LogP contribution in [0.15, 0.2) is 78.9 Å². The second kappa shape index (κ2) is 6.27. The van der Waals surface area contributed by atoms with E-state index in [2.05, 4.69) is 29.6 Å². The fraction of sp³-hybridized carbons (Fsp3) is 0.0500. The highest BCUT2D eigenvalue weighted by molar-refractivity contribution is 6.00. The first kappa shape index (κ1) is 14.1. The van der Waals surface area contributed by atoms with Crippen molar-refractivity contribution in [1.29, 1.82) is 0 Å². The van der Waals surface area contributed by atoms with Crippen molar-refractivity contribution in [3.63, 3.8) is 0 Å². The molecule has 0 fully saturated rings. The number of anilines is 2. The zero-order valence-corrected chi connectivity index (χ0v) is 12.4. The van der Waals surface area contributed by atoms with E-state index in [-0.39, 0.29) is 5.78 Å². The molecule has 3 rings (SSSR count). The van der Waals surface area contributed by atoms with Crippen LogP contribution in [0, 0.1) is 0 Å². The van der Waals surface area contributed by atoms with Gasteiger partial charge in [-0.1, -0.05) is 54.6 Å². The highest BCUT2D eigenvalue weighted by Gasteiger charge is 2.06. The molecule has 108 valence electrons. The van der Waals surface area contributed by atoms with Gasteiger partial charge in [0.25, 0.3) is 0 Å². The van der Waals surface area contributed by atoms with Crippen molar-refractivity contribution < 1.29 is 4.79 Å². The third-order valence-electron chi connectivity index (χ3n) is 3.58. The van der Waals surface area contributed by atoms with Crippen LogP contribution < -0.4 is 5.32 Å². The molecule has 3 aromatic rings. The Labute approximate surface area is 130 Å². The lowest BCUT2D eigenvalue weighted by Gasteiger charge is -2.11. The molecule has 22 heavy (non-hydrogen) atoms. The van der Waals surface area contributed by atoms with E-state index in [0.29, 0.717) is 5.56 Å². The molecule has 0 saturated heterocycles. The van der Waals surface area contributed by atoms with Crippen LogP contribution in [0.5, 0.6) is 0 Å². The van der Waals surface area contributed by atoms with Crippen molar-refractivity contribution >= 4 is 17.2 Å². The molecule has 0 aliphatic heterocycles. The number of rotatable bonds is 4. The Morgan fingerprint density at radius 1 is 0.727 bits per heavy atom. The van der Waals surface area contributed by atoms with Crippen molar-refractivity contribution in [2.24, 2.45) is 0 Å². The average molecular weight is 287 g/mol. The quantitative estimate of drug-likeness (QED) is 0.660. The zero-order valence-electron chi connectivity index (χ0n) is 12.4. The third-order valence-corrected chi connectivity index (χ3v) is 3.58. The predicted octanol–water partition coefficient (Wildman–Crippen LogP) is 5.30. The molecule has 0 spiro atoms. The van der Waals surface area contributed by atoms with Crippen molar-refractivity contribution in [2.75, 3.05) is 5.32 Å². The van der Waals surface area contributed by atoms with E-state index >= 15 is 0 Å². The molecule has 0 amide bonds. The van der Waals surface area contributed by atoms with Gasteiger partial charge in [-0.05, 0) is 42.3 Å². The number of hydrogen-bond donors (Lipinski definition) is 1. The minimum Gasteiger partial charge on any atom is -0.355 e. The highest BCUT2D eigenvalue weighted by Crippen LogP contribution is 2.25. The fourth-order valence-electron chi connectivity index (χ4n) is 2.43. The standard InChI is InChI=1S/C20H17NO/c1-15(22)19-9-5-6-10-20(19)21-18-13-11-17(12-14-18)16-7-3-2-4-8-16/h2-14,21H,1H3. The summed E-state index contributed by atoms with van der Waals surface area (Å²) in [6, 6.07) is 26.0. The Bertz CT molecular complexity index is 776. The lowest BCUT2D eigenvalue weighted by atomic mass is 10.1. The number of carbonyl (C=O) groups excluding carboxylic acids is 1. The van der Waals surface area contributed by atoms with Gasteiger partial charge in [0.05, 0.1) is 0 Å². The number of benzene rings is 3. The van der Waals surface area contributed by atoms with Gasteiger partial charge in [0.2, 0.25) is 0 Å². The van der Waals surface area contributed by atoms with Gasteiger partial charge >= 0.3 is 0 Å². The van der Waals surface area contributed by atoms with Crippen LogP contribution in [-0.2, 0) is 0 Å². The number of ketones is 1. The maximum Gasteiger partial charge on any atom is 0.161 e. The molecule has 3 aromatic carbocycles. The summed E-state index contributed by atoms with van der Waals surface area (Å²) in [6.45, 7) is 1.58. The summed E-state index contributed by atoms with van der Waals surface area (Å²) in [4.78, 5) is 11.7. The molecule has 0 atom stereocenters. The summed E-state index contributed by atoms with van der Waals surface area (Å²) in [5.41, 5.74) is 4.87. The Morgan fingerprint density at radius 3 is 2.00 bits per heavy atom. The molecule has 0 radical (unpaired) electrons. The summed E-state index contributed by atoms with van der Waals surface area (Å²) in [7, 11) is 0. The largest absolute Gasteiger partial charge is 0.355 e. The Balaban J connectivity index is 1.84. The van der Waals surface area contributed by atoms with Gasteiger partial charge in [0, 0.05) is 16.9 Å². The molecule has 0 aliphatic rings. The molecular weight excluding hydrogens is 270 g/mol. The molecule has 0 unspecified atom stereocenters. The van der Waals surface area contributed by atoms with E-state index in [0.717, 1.165) is 11.4 Å². The van der Waals surface area contributed by atoms with Crippen LogP contribution >= 0.6 is 0 Å². The highest BCUT2D eigenvalue weighted by atomic mass is 16.1. The molecule has 0 saturated carbocycles. The number of para-hydroxylation sites is 1. The van der Waals surface area contributed by atoms with E-state index in [1.165, 1.54) is 11.1 Å². The van der Waals surface area contributed by atoms with Crippen molar-refractivity contribution in [3.8, 4) is 11.1 Å². The summed E-state index contributed by atoms with van der Waals surface area (Å²) >= 11 is 0. The smallest absolute Gasteiger partial charge is 0.161 e. The number of hydrogen-bond acceptors (Lipinski definition) is 2. The second-order valence-corrected chi connectivity index (χ2v) is 5.17. The zero-order chi connectivity index (χ0) is 15.4. The van der Waals surface area contributed by atoms with Gasteiger partial charge in [-0.2, -0.15) is 0 Å². The Morgan fingerprint density at radius 2 is 1.32 bits per heavy atom. The minimum absolute atomic E-state index is 0.0593. The van der Waals surface area contributed by atoms with E-state index in [4.69, 9.17) is 0 Å². The van der Waals surface area contributed by atoms with Gasteiger partial charge in [-0.15, -0.1) is 0 Å². The molecule has 0 aliphatic carbocycles. The first-order valence-electron chi connectivity index (χ1n) is 7.26. The van der Waals surface area contributed by atoms with E-state index in [1.807, 2.05) is 54.6 Å². The number of nitrogens with one attached hydrogen (secondary N) is 1. The Hall–Kier alpha value is -2.87. The monoisotopic (exact) mass is 287 g/mol. The van der Waals surface area contributed by atoms with Gasteiger partial charge in [0.1, 0.15) is 0 Å². The number of Topliss-reactive ketones (excluding diaryl/α,β-unsaturated/α-hetero) is 1. The van der Waals surface area contributed by atoms with Crippen molar-refractivity contribution in [1.82, 2.24) is 0 Å². The van der Waals surface area contributed by atoms with Crippen LogP contribution in [0.3, 0.4) is 0 Å². The molecule has 2 heteroatoms. The maximum absolute atomic E-state index is 11.7. The average Bonchev–Trinajstić information content (AvgIpc) is 2.57. The van der Waals surface area contributed by atoms with Crippen LogP contribution in [0.4, 0.5) is 11.4 Å². The second-order valence-electron chi connectivity index (χ2n) is 5.17. The summed E-state index contributed by atoms with van der Waals surface area (Å²) in [6.07, 6.45) is 0. The van der Waals surface area contributed by atoms with E-state index in [9.17, 15) is 4.79 Å². The van der Waals surface area contributed by atoms with Gasteiger partial charge < -0.3 is 5.32 Å². The van der Waals surface area contributed by atoms with Crippen molar-refractivity contribution in [3.05, 3.63) is 84.4 Å². The van der Waals surface area contributed by atoms with Crippen LogP contribution in [0.25, 0.3) is 11.1 Å². The number of carbonyl (C=O) groups is 1. The fourth-order valence-corrected chi connectivity index (χ4v) is 2.43. The molecule has 0 aromatic heterocycles.